The van der Waals surface area contributed by atoms with Crippen molar-refractivity contribution in [3.05, 3.63) is 12.7 Å². The van der Waals surface area contributed by atoms with Gasteiger partial charge in [0.2, 0.25) is 0 Å². The molecule has 2 radical (unpaired) electrons. The zero-order valence-electron chi connectivity index (χ0n) is 6.05. The van der Waals surface area contributed by atoms with Crippen molar-refractivity contribution in [2.45, 2.75) is 0 Å². The Balaban J connectivity index is -0.0000000133. The summed E-state index contributed by atoms with van der Waals surface area (Å²) in [6.45, 7) is 2.96. The van der Waals surface area contributed by atoms with Crippen molar-refractivity contribution in [3.63, 3.8) is 0 Å². The van der Waals surface area contributed by atoms with Crippen molar-refractivity contribution in [2.75, 3.05) is 0 Å². The molecule has 0 aromatic heterocycles. The van der Waals surface area contributed by atoms with Crippen molar-refractivity contribution in [1.29, 1.82) is 0 Å². The minimum absolute atomic E-state index is 0. The second-order valence-corrected chi connectivity index (χ2v) is 0.542. The Bertz CT molecular complexity index is 70.8. The Hall–Kier alpha value is 1.70. The third-order valence-corrected chi connectivity index (χ3v) is 0.175. The molecule has 0 atom stereocenters. The predicted molar refractivity (Wildman–Crippen MR) is 34.4 cm³/mol. The number of hydrogen-bond donors (Lipinski definition) is 1. The summed E-state index contributed by atoms with van der Waals surface area (Å²) in [6.07, 6.45) is 0.833. The quantitative estimate of drug-likeness (QED) is 0.445. The summed E-state index contributed by atoms with van der Waals surface area (Å²) in [7, 11) is 0. The van der Waals surface area contributed by atoms with Crippen molar-refractivity contribution in [3.8, 4) is 0 Å². The second kappa shape index (κ2) is 10.6. The molecule has 0 aliphatic rings. The number of rotatable bonds is 1. The summed E-state index contributed by atoms with van der Waals surface area (Å²) in [6, 6.07) is 0. The summed E-state index contributed by atoms with van der Waals surface area (Å²) in [4.78, 5) is 9.25. The van der Waals surface area contributed by atoms with Gasteiger partial charge in [-0.05, 0) is 0 Å². The first-order chi connectivity index (χ1) is 2.27. The van der Waals surface area contributed by atoms with E-state index in [-0.39, 0.29) is 79.0 Å². The van der Waals surface area contributed by atoms with Crippen LogP contribution in [-0.4, -0.2) is 87.3 Å². The normalized spacial score (nSPS) is 4.57. The van der Waals surface area contributed by atoms with E-state index in [4.69, 9.17) is 5.11 Å². The van der Waals surface area contributed by atoms with Crippen molar-refractivity contribution < 1.29 is 12.8 Å². The van der Waals surface area contributed by atoms with Gasteiger partial charge in [0, 0.05) is 6.08 Å². The Labute approximate surface area is 106 Å². The zero-order valence-corrected chi connectivity index (χ0v) is 14.0. The van der Waals surface area contributed by atoms with E-state index < -0.39 is 5.97 Å². The number of carboxylic acids is 1. The van der Waals surface area contributed by atoms with Gasteiger partial charge in [0.15, 0.2) is 0 Å². The van der Waals surface area contributed by atoms with Gasteiger partial charge in [0.25, 0.3) is 0 Å². The molecular weight excluding hydrogens is 413 g/mol. The Morgan fingerprint density at radius 2 is 2.00 bits per heavy atom. The molecule has 0 unspecified atom stereocenters. The SMILES string of the molecule is C=CC(=O)O.[Ba+2].[H-].[H-].[PbH2]. The van der Waals surface area contributed by atoms with Crippen LogP contribution in [0, 0.1) is 0 Å². The summed E-state index contributed by atoms with van der Waals surface area (Å²) >= 11 is 0. The maximum absolute atomic E-state index is 9.25. The molecule has 0 saturated heterocycles. The molecule has 0 spiro atoms. The molecule has 0 saturated carbocycles. The number of carboxylic acid groups (broad SMARTS) is 1. The van der Waals surface area contributed by atoms with E-state index in [1.165, 1.54) is 0 Å². The average molecular weight is 421 g/mol. The van der Waals surface area contributed by atoms with Crippen LogP contribution in [0.5, 0.6) is 0 Å². The fraction of sp³-hybridized carbons (Fsp3) is 0. The minimum atomic E-state index is -0.981. The molecule has 0 heterocycles. The van der Waals surface area contributed by atoms with Crippen LogP contribution < -0.4 is 0 Å². The van der Waals surface area contributed by atoms with Gasteiger partial charge >= 0.3 is 82.1 Å². The average Bonchev–Trinajstić information content (AvgIpc) is 1.38. The molecule has 0 bridgehead atoms. The second-order valence-electron chi connectivity index (χ2n) is 0.542. The summed E-state index contributed by atoms with van der Waals surface area (Å²) in [5, 5.41) is 7.60. The third kappa shape index (κ3) is 18.3. The number of carbonyl (C=O) groups is 1. The van der Waals surface area contributed by atoms with Crippen LogP contribution >= 0.6 is 0 Å². The maximum atomic E-state index is 9.25. The van der Waals surface area contributed by atoms with Gasteiger partial charge in [-0.2, -0.15) is 0 Å². The fourth-order valence-electron chi connectivity index (χ4n) is 0. The van der Waals surface area contributed by atoms with E-state index in [9.17, 15) is 4.79 Å². The Kier molecular flexibility index (Phi) is 24.1. The van der Waals surface area contributed by atoms with Crippen molar-refractivity contribution in [2.24, 2.45) is 0 Å². The van der Waals surface area contributed by atoms with Gasteiger partial charge in [-0.25, -0.2) is 4.79 Å². The van der Waals surface area contributed by atoms with Gasteiger partial charge in [-0.1, -0.05) is 6.58 Å². The number of aliphatic carboxylic acids is 1. The topological polar surface area (TPSA) is 37.3 Å². The molecule has 0 amide bonds. The van der Waals surface area contributed by atoms with Gasteiger partial charge in [0.1, 0.15) is 0 Å². The monoisotopic (exact) mass is 422 g/mol. The summed E-state index contributed by atoms with van der Waals surface area (Å²) in [5.41, 5.74) is 0. The first-order valence-electron chi connectivity index (χ1n) is 1.12. The molecule has 0 rings (SSSR count). The summed E-state index contributed by atoms with van der Waals surface area (Å²) < 4.78 is 0. The molecule has 0 aliphatic carbocycles. The van der Waals surface area contributed by atoms with Gasteiger partial charge in [0.05, 0.1) is 0 Å². The molecule has 38 valence electrons. The van der Waals surface area contributed by atoms with Crippen LogP contribution in [-0.2, 0) is 4.79 Å². The van der Waals surface area contributed by atoms with Crippen LogP contribution in [0.1, 0.15) is 2.85 Å². The van der Waals surface area contributed by atoms with E-state index in [0.29, 0.717) is 0 Å². The molecule has 7 heavy (non-hydrogen) atoms. The Morgan fingerprint density at radius 3 is 2.00 bits per heavy atom. The van der Waals surface area contributed by atoms with Crippen molar-refractivity contribution in [1.82, 2.24) is 0 Å². The number of hydrogen-bond acceptors (Lipinski definition) is 1. The van der Waals surface area contributed by atoms with E-state index >= 15 is 0 Å². The third-order valence-electron chi connectivity index (χ3n) is 0.175. The van der Waals surface area contributed by atoms with Crippen LogP contribution in [0.4, 0.5) is 0 Å². The first kappa shape index (κ1) is 15.9. The predicted octanol–water partition coefficient (Wildman–Crippen LogP) is -0.815. The molecular formula is C3H8BaO2Pb. The summed E-state index contributed by atoms with van der Waals surface area (Å²) in [5.74, 6) is -0.981. The van der Waals surface area contributed by atoms with E-state index in [1.54, 1.807) is 0 Å². The molecule has 0 fully saturated rings. The molecule has 1 N–H and O–H groups in total. The van der Waals surface area contributed by atoms with Crippen LogP contribution in [0.15, 0.2) is 12.7 Å². The van der Waals surface area contributed by atoms with Crippen LogP contribution in [0.2, 0.25) is 0 Å². The Morgan fingerprint density at radius 1 is 1.86 bits per heavy atom. The van der Waals surface area contributed by atoms with E-state index in [0.717, 1.165) is 6.08 Å². The van der Waals surface area contributed by atoms with Crippen LogP contribution in [0.25, 0.3) is 0 Å². The molecule has 2 nitrogen and oxygen atoms in total. The van der Waals surface area contributed by atoms with Crippen molar-refractivity contribution >= 4 is 82.1 Å². The zero-order chi connectivity index (χ0) is 4.28. The molecule has 0 aliphatic heterocycles. The molecule has 4 heteroatoms. The fourth-order valence-corrected chi connectivity index (χ4v) is 0. The van der Waals surface area contributed by atoms with E-state index in [1.807, 2.05) is 0 Å². The van der Waals surface area contributed by atoms with Crippen LogP contribution in [0.3, 0.4) is 0 Å². The first-order valence-corrected chi connectivity index (χ1v) is 1.12. The molecule has 0 aromatic carbocycles. The molecule has 0 aromatic rings. The van der Waals surface area contributed by atoms with Gasteiger partial charge in [-0.15, -0.1) is 0 Å². The standard InChI is InChI=1S/C3H4O2.Ba.Pb.4H/c1-2-3(4)5;;;;;;/h2H,1H2,(H,4,5);;;;;;/q;+2;;;;2*-1. The van der Waals surface area contributed by atoms with Gasteiger partial charge < -0.3 is 7.96 Å². The van der Waals surface area contributed by atoms with Gasteiger partial charge in [-0.3, -0.25) is 0 Å². The van der Waals surface area contributed by atoms with E-state index in [2.05, 4.69) is 6.58 Å².